The monoisotopic (exact) mass is 374 g/mol. The van der Waals surface area contributed by atoms with E-state index in [4.69, 9.17) is 0 Å². The molecule has 3 rings (SSSR count). The van der Waals surface area contributed by atoms with E-state index in [-0.39, 0.29) is 18.2 Å². The van der Waals surface area contributed by atoms with Crippen molar-refractivity contribution in [2.45, 2.75) is 32.4 Å². The Labute approximate surface area is 153 Å². The Morgan fingerprint density at radius 2 is 1.88 bits per heavy atom. The van der Waals surface area contributed by atoms with E-state index in [0.29, 0.717) is 12.1 Å². The SMILES string of the molecule is CC1CCCN1S(=O)(=O)NCc1ccc(-c2ccccc2C(=O)O)cc1. The fourth-order valence-corrected chi connectivity index (χ4v) is 4.71. The van der Waals surface area contributed by atoms with E-state index >= 15 is 0 Å². The van der Waals surface area contributed by atoms with Crippen LogP contribution in [0.2, 0.25) is 0 Å². The van der Waals surface area contributed by atoms with Gasteiger partial charge in [-0.2, -0.15) is 17.4 Å². The Bertz CT molecular complexity index is 894. The lowest BCUT2D eigenvalue weighted by Gasteiger charge is -2.21. The summed E-state index contributed by atoms with van der Waals surface area (Å²) in [5.74, 6) is -0.975. The van der Waals surface area contributed by atoms with Crippen molar-refractivity contribution in [3.8, 4) is 11.1 Å². The van der Waals surface area contributed by atoms with Crippen LogP contribution >= 0.6 is 0 Å². The zero-order valence-corrected chi connectivity index (χ0v) is 15.4. The molecule has 1 atom stereocenters. The van der Waals surface area contributed by atoms with Crippen LogP contribution < -0.4 is 4.72 Å². The average molecular weight is 374 g/mol. The summed E-state index contributed by atoms with van der Waals surface area (Å²) < 4.78 is 28.9. The van der Waals surface area contributed by atoms with E-state index in [0.717, 1.165) is 24.0 Å². The molecule has 1 fully saturated rings. The van der Waals surface area contributed by atoms with Crippen molar-refractivity contribution in [1.82, 2.24) is 9.03 Å². The number of hydrogen-bond donors (Lipinski definition) is 2. The second-order valence-electron chi connectivity index (χ2n) is 6.48. The Hall–Kier alpha value is -2.22. The minimum atomic E-state index is -3.48. The van der Waals surface area contributed by atoms with E-state index in [9.17, 15) is 18.3 Å². The van der Waals surface area contributed by atoms with Crippen LogP contribution in [0.3, 0.4) is 0 Å². The van der Waals surface area contributed by atoms with Crippen molar-refractivity contribution in [3.63, 3.8) is 0 Å². The normalized spacial score (nSPS) is 18.1. The van der Waals surface area contributed by atoms with E-state index in [1.165, 1.54) is 4.31 Å². The predicted molar refractivity (Wildman–Crippen MR) is 100.0 cm³/mol. The molecule has 2 N–H and O–H groups in total. The van der Waals surface area contributed by atoms with Gasteiger partial charge in [0.1, 0.15) is 0 Å². The Kier molecular flexibility index (Phi) is 5.41. The second kappa shape index (κ2) is 7.57. The van der Waals surface area contributed by atoms with Gasteiger partial charge in [-0.1, -0.05) is 42.5 Å². The molecule has 1 saturated heterocycles. The van der Waals surface area contributed by atoms with Crippen LogP contribution in [0.5, 0.6) is 0 Å². The number of aromatic carboxylic acids is 1. The maximum absolute atomic E-state index is 12.4. The van der Waals surface area contributed by atoms with Crippen LogP contribution in [-0.2, 0) is 16.8 Å². The molecule has 138 valence electrons. The van der Waals surface area contributed by atoms with Gasteiger partial charge >= 0.3 is 5.97 Å². The summed E-state index contributed by atoms with van der Waals surface area (Å²) >= 11 is 0. The van der Waals surface area contributed by atoms with Crippen LogP contribution in [-0.4, -0.2) is 36.4 Å². The summed E-state index contributed by atoms with van der Waals surface area (Å²) in [6, 6.07) is 14.1. The van der Waals surface area contributed by atoms with Crippen molar-refractivity contribution >= 4 is 16.2 Å². The van der Waals surface area contributed by atoms with Crippen molar-refractivity contribution < 1.29 is 18.3 Å². The first-order valence-corrected chi connectivity index (χ1v) is 10.0. The zero-order valence-electron chi connectivity index (χ0n) is 14.6. The molecule has 2 aromatic rings. The molecule has 1 aliphatic heterocycles. The van der Waals surface area contributed by atoms with Gasteiger partial charge in [-0.25, -0.2) is 4.79 Å². The summed E-state index contributed by atoms with van der Waals surface area (Å²) in [6.45, 7) is 2.68. The van der Waals surface area contributed by atoms with Gasteiger partial charge in [0.05, 0.1) is 5.56 Å². The highest BCUT2D eigenvalue weighted by atomic mass is 32.2. The van der Waals surface area contributed by atoms with Crippen LogP contribution in [0.25, 0.3) is 11.1 Å². The molecule has 1 heterocycles. The molecule has 6 nitrogen and oxygen atoms in total. The maximum Gasteiger partial charge on any atom is 0.336 e. The molecule has 0 saturated carbocycles. The first-order chi connectivity index (χ1) is 12.4. The topological polar surface area (TPSA) is 86.7 Å². The first-order valence-electron chi connectivity index (χ1n) is 8.56. The molecule has 2 aromatic carbocycles. The van der Waals surface area contributed by atoms with E-state index < -0.39 is 16.2 Å². The molecule has 26 heavy (non-hydrogen) atoms. The minimum absolute atomic E-state index is 0.0300. The van der Waals surface area contributed by atoms with Crippen LogP contribution in [0.15, 0.2) is 48.5 Å². The third kappa shape index (κ3) is 3.95. The van der Waals surface area contributed by atoms with E-state index in [1.54, 1.807) is 24.3 Å². The number of rotatable bonds is 6. The van der Waals surface area contributed by atoms with Gasteiger partial charge in [0.25, 0.3) is 10.2 Å². The van der Waals surface area contributed by atoms with Gasteiger partial charge in [0.15, 0.2) is 0 Å². The number of carbonyl (C=O) groups is 1. The smallest absolute Gasteiger partial charge is 0.336 e. The number of hydrogen-bond acceptors (Lipinski definition) is 3. The Morgan fingerprint density at radius 3 is 2.50 bits per heavy atom. The van der Waals surface area contributed by atoms with Gasteiger partial charge in [-0.15, -0.1) is 0 Å². The molecule has 0 radical (unpaired) electrons. The van der Waals surface area contributed by atoms with Crippen LogP contribution in [0, 0.1) is 0 Å². The lowest BCUT2D eigenvalue weighted by atomic mass is 9.99. The Balaban J connectivity index is 1.72. The molecule has 1 aliphatic rings. The standard InChI is InChI=1S/C19H22N2O4S/c1-14-5-4-12-21(14)26(24,25)20-13-15-8-10-16(11-9-15)17-6-2-3-7-18(17)19(22)23/h2-3,6-11,14,20H,4-5,12-13H2,1H3,(H,22,23). The summed E-state index contributed by atoms with van der Waals surface area (Å²) in [6.07, 6.45) is 1.78. The summed E-state index contributed by atoms with van der Waals surface area (Å²) in [4.78, 5) is 11.3. The van der Waals surface area contributed by atoms with E-state index in [2.05, 4.69) is 4.72 Å². The molecule has 1 unspecified atom stereocenters. The van der Waals surface area contributed by atoms with Gasteiger partial charge in [-0.3, -0.25) is 0 Å². The largest absolute Gasteiger partial charge is 0.478 e. The highest BCUT2D eigenvalue weighted by Crippen LogP contribution is 2.24. The summed E-state index contributed by atoms with van der Waals surface area (Å²) in [5, 5.41) is 9.30. The molecule has 0 aromatic heterocycles. The molecule has 0 aliphatic carbocycles. The van der Waals surface area contributed by atoms with Crippen molar-refractivity contribution in [3.05, 3.63) is 59.7 Å². The molecular weight excluding hydrogens is 352 g/mol. The number of nitrogens with one attached hydrogen (secondary N) is 1. The number of nitrogens with zero attached hydrogens (tertiary/aromatic N) is 1. The van der Waals surface area contributed by atoms with Crippen molar-refractivity contribution in [1.29, 1.82) is 0 Å². The van der Waals surface area contributed by atoms with Crippen molar-refractivity contribution in [2.24, 2.45) is 0 Å². The molecular formula is C19H22N2O4S. The number of benzene rings is 2. The highest BCUT2D eigenvalue weighted by Gasteiger charge is 2.30. The molecule has 7 heteroatoms. The predicted octanol–water partition coefficient (Wildman–Crippen LogP) is 2.87. The average Bonchev–Trinajstić information content (AvgIpc) is 3.07. The zero-order chi connectivity index (χ0) is 18.7. The van der Waals surface area contributed by atoms with Gasteiger partial charge in [-0.05, 0) is 42.5 Å². The van der Waals surface area contributed by atoms with Gasteiger partial charge in [0, 0.05) is 19.1 Å². The second-order valence-corrected chi connectivity index (χ2v) is 8.18. The lowest BCUT2D eigenvalue weighted by Crippen LogP contribution is -2.42. The Morgan fingerprint density at radius 1 is 1.19 bits per heavy atom. The van der Waals surface area contributed by atoms with Crippen LogP contribution in [0.4, 0.5) is 0 Å². The number of carboxylic acids is 1. The van der Waals surface area contributed by atoms with Crippen LogP contribution in [0.1, 0.15) is 35.7 Å². The van der Waals surface area contributed by atoms with Gasteiger partial charge in [0.2, 0.25) is 0 Å². The van der Waals surface area contributed by atoms with E-state index in [1.807, 2.05) is 31.2 Å². The quantitative estimate of drug-likeness (QED) is 0.814. The van der Waals surface area contributed by atoms with Gasteiger partial charge < -0.3 is 5.11 Å². The highest BCUT2D eigenvalue weighted by molar-refractivity contribution is 7.87. The molecule has 0 bridgehead atoms. The summed E-state index contributed by atoms with van der Waals surface area (Å²) in [7, 11) is -3.48. The molecule has 0 spiro atoms. The maximum atomic E-state index is 12.4. The summed E-state index contributed by atoms with van der Waals surface area (Å²) in [5.41, 5.74) is 2.47. The fraction of sp³-hybridized carbons (Fsp3) is 0.316. The van der Waals surface area contributed by atoms with Crippen molar-refractivity contribution in [2.75, 3.05) is 6.54 Å². The third-order valence-electron chi connectivity index (χ3n) is 4.68. The minimum Gasteiger partial charge on any atom is -0.478 e. The number of carboxylic acid groups (broad SMARTS) is 1. The third-order valence-corrected chi connectivity index (χ3v) is 6.35. The lowest BCUT2D eigenvalue weighted by molar-refractivity contribution is 0.0697. The fourth-order valence-electron chi connectivity index (χ4n) is 3.24. The first kappa shape index (κ1) is 18.6. The molecule has 0 amide bonds.